The first-order valence-corrected chi connectivity index (χ1v) is 10.2. The molecule has 162 valence electrons. The van der Waals surface area contributed by atoms with Crippen LogP contribution in [0.4, 0.5) is 5.69 Å². The van der Waals surface area contributed by atoms with Gasteiger partial charge in [-0.15, -0.1) is 0 Å². The van der Waals surface area contributed by atoms with Crippen molar-refractivity contribution in [1.82, 2.24) is 14.7 Å². The maximum absolute atomic E-state index is 13.1. The molecule has 7 nitrogen and oxygen atoms in total. The quantitative estimate of drug-likeness (QED) is 0.642. The number of benzene rings is 2. The van der Waals surface area contributed by atoms with Crippen LogP contribution in [0.1, 0.15) is 35.5 Å². The van der Waals surface area contributed by atoms with Gasteiger partial charge in [-0.2, -0.15) is 0 Å². The van der Waals surface area contributed by atoms with E-state index in [2.05, 4.69) is 10.6 Å². The van der Waals surface area contributed by atoms with E-state index in [9.17, 15) is 14.4 Å². The van der Waals surface area contributed by atoms with Gasteiger partial charge in [0.05, 0.1) is 11.4 Å². The van der Waals surface area contributed by atoms with Gasteiger partial charge in [-0.05, 0) is 44.0 Å². The Labute approximate surface area is 181 Å². The van der Waals surface area contributed by atoms with E-state index >= 15 is 0 Å². The standard InChI is InChI=1S/C24H28N4O3/c1-15(2)20(25-22(29)18-11-9-10-16(3)14-18)23(30)26-21-17(4)27(5)28(24(21)31)19-12-7-6-8-13-19/h6-15,20H,1-5H3,(H,25,29)(H,26,30). The number of rotatable bonds is 6. The maximum atomic E-state index is 13.1. The van der Waals surface area contributed by atoms with E-state index in [0.717, 1.165) is 5.56 Å². The summed E-state index contributed by atoms with van der Waals surface area (Å²) in [6, 6.07) is 15.6. The number of anilines is 1. The highest BCUT2D eigenvalue weighted by Gasteiger charge is 2.27. The van der Waals surface area contributed by atoms with E-state index in [4.69, 9.17) is 0 Å². The molecule has 1 unspecified atom stereocenters. The molecule has 2 aromatic carbocycles. The Morgan fingerprint density at radius 1 is 0.968 bits per heavy atom. The predicted octanol–water partition coefficient (Wildman–Crippen LogP) is 3.19. The molecule has 0 aliphatic heterocycles. The number of carbonyl (C=O) groups excluding carboxylic acids is 2. The SMILES string of the molecule is Cc1cccc(C(=O)NC(C(=O)Nc2c(C)n(C)n(-c3ccccc3)c2=O)C(C)C)c1. The van der Waals surface area contributed by atoms with Crippen LogP contribution >= 0.6 is 0 Å². The lowest BCUT2D eigenvalue weighted by atomic mass is 10.0. The van der Waals surface area contributed by atoms with Crippen molar-refractivity contribution in [3.05, 3.63) is 81.8 Å². The first-order chi connectivity index (χ1) is 14.7. The number of para-hydroxylation sites is 1. The van der Waals surface area contributed by atoms with Crippen LogP contribution in [0.2, 0.25) is 0 Å². The van der Waals surface area contributed by atoms with Crippen LogP contribution in [0.25, 0.3) is 5.69 Å². The minimum atomic E-state index is -0.794. The lowest BCUT2D eigenvalue weighted by Gasteiger charge is -2.21. The van der Waals surface area contributed by atoms with Gasteiger partial charge in [0.25, 0.3) is 11.5 Å². The topological polar surface area (TPSA) is 85.1 Å². The summed E-state index contributed by atoms with van der Waals surface area (Å²) >= 11 is 0. The molecular weight excluding hydrogens is 392 g/mol. The van der Waals surface area contributed by atoms with Gasteiger partial charge in [0.15, 0.2) is 0 Å². The van der Waals surface area contributed by atoms with E-state index in [-0.39, 0.29) is 23.1 Å². The second kappa shape index (κ2) is 9.04. The molecule has 0 fully saturated rings. The van der Waals surface area contributed by atoms with Gasteiger partial charge in [0, 0.05) is 12.6 Å². The lowest BCUT2D eigenvalue weighted by Crippen LogP contribution is -2.47. The van der Waals surface area contributed by atoms with Gasteiger partial charge in [-0.3, -0.25) is 19.1 Å². The zero-order valence-electron chi connectivity index (χ0n) is 18.5. The van der Waals surface area contributed by atoms with E-state index in [1.165, 1.54) is 4.68 Å². The zero-order chi connectivity index (χ0) is 22.7. The Kier molecular flexibility index (Phi) is 6.44. The fourth-order valence-corrected chi connectivity index (χ4v) is 3.46. The van der Waals surface area contributed by atoms with Crippen LogP contribution in [0.5, 0.6) is 0 Å². The van der Waals surface area contributed by atoms with E-state index < -0.39 is 11.9 Å². The number of nitrogens with zero attached hydrogens (tertiary/aromatic N) is 2. The summed E-state index contributed by atoms with van der Waals surface area (Å²) in [5.41, 5.74) is 2.64. The van der Waals surface area contributed by atoms with Crippen LogP contribution in [0, 0.1) is 19.8 Å². The minimum absolute atomic E-state index is 0.172. The molecule has 1 aromatic heterocycles. The summed E-state index contributed by atoms with van der Waals surface area (Å²) in [5, 5.41) is 5.56. The molecule has 0 spiro atoms. The number of nitrogens with one attached hydrogen (secondary N) is 2. The average Bonchev–Trinajstić information content (AvgIpc) is 2.95. The molecule has 0 bridgehead atoms. The number of hydrogen-bond acceptors (Lipinski definition) is 3. The third-order valence-electron chi connectivity index (χ3n) is 5.32. The monoisotopic (exact) mass is 420 g/mol. The third kappa shape index (κ3) is 4.60. The van der Waals surface area contributed by atoms with Crippen molar-refractivity contribution < 1.29 is 9.59 Å². The first kappa shape index (κ1) is 22.1. The smallest absolute Gasteiger partial charge is 0.295 e. The van der Waals surface area contributed by atoms with Crippen LogP contribution in [0.15, 0.2) is 59.4 Å². The normalized spacial score (nSPS) is 11.9. The minimum Gasteiger partial charge on any atom is -0.340 e. The number of carbonyl (C=O) groups is 2. The van der Waals surface area contributed by atoms with Crippen molar-refractivity contribution in [3.8, 4) is 5.69 Å². The molecular formula is C24H28N4O3. The molecule has 31 heavy (non-hydrogen) atoms. The Hall–Kier alpha value is -3.61. The van der Waals surface area contributed by atoms with Crippen LogP contribution in [0.3, 0.4) is 0 Å². The van der Waals surface area contributed by atoms with Crippen LogP contribution < -0.4 is 16.2 Å². The van der Waals surface area contributed by atoms with Gasteiger partial charge < -0.3 is 10.6 Å². The van der Waals surface area contributed by atoms with Crippen LogP contribution in [-0.4, -0.2) is 27.2 Å². The Morgan fingerprint density at radius 2 is 1.65 bits per heavy atom. The number of amides is 2. The second-order valence-electron chi connectivity index (χ2n) is 7.99. The fourth-order valence-electron chi connectivity index (χ4n) is 3.46. The van der Waals surface area contributed by atoms with Crippen LogP contribution in [-0.2, 0) is 11.8 Å². The Balaban J connectivity index is 1.86. The molecule has 0 aliphatic rings. The molecule has 0 aliphatic carbocycles. The highest BCUT2D eigenvalue weighted by molar-refractivity contribution is 6.01. The summed E-state index contributed by atoms with van der Waals surface area (Å²) in [6.45, 7) is 7.37. The first-order valence-electron chi connectivity index (χ1n) is 10.2. The molecule has 0 saturated heterocycles. The molecule has 0 radical (unpaired) electrons. The fraction of sp³-hybridized carbons (Fsp3) is 0.292. The van der Waals surface area contributed by atoms with Gasteiger partial charge in [-0.25, -0.2) is 4.68 Å². The lowest BCUT2D eigenvalue weighted by molar-refractivity contribution is -0.118. The molecule has 0 saturated carbocycles. The predicted molar refractivity (Wildman–Crippen MR) is 122 cm³/mol. The maximum Gasteiger partial charge on any atom is 0.295 e. The van der Waals surface area contributed by atoms with E-state index in [1.807, 2.05) is 57.2 Å². The van der Waals surface area contributed by atoms with E-state index in [1.54, 1.807) is 36.9 Å². The molecule has 7 heteroatoms. The number of hydrogen-bond donors (Lipinski definition) is 2. The second-order valence-corrected chi connectivity index (χ2v) is 7.99. The molecule has 2 N–H and O–H groups in total. The van der Waals surface area contributed by atoms with Gasteiger partial charge in [0.2, 0.25) is 5.91 Å². The van der Waals surface area contributed by atoms with Crippen molar-refractivity contribution in [3.63, 3.8) is 0 Å². The third-order valence-corrected chi connectivity index (χ3v) is 5.32. The molecule has 3 aromatic rings. The zero-order valence-corrected chi connectivity index (χ0v) is 18.5. The van der Waals surface area contributed by atoms with Crippen molar-refractivity contribution in [2.45, 2.75) is 33.7 Å². The number of aromatic nitrogens is 2. The number of aryl methyl sites for hydroxylation is 1. The van der Waals surface area contributed by atoms with Gasteiger partial charge in [-0.1, -0.05) is 49.7 Å². The van der Waals surface area contributed by atoms with Gasteiger partial charge in [0.1, 0.15) is 11.7 Å². The van der Waals surface area contributed by atoms with Crippen molar-refractivity contribution in [1.29, 1.82) is 0 Å². The molecule has 3 rings (SSSR count). The van der Waals surface area contributed by atoms with Crippen molar-refractivity contribution >= 4 is 17.5 Å². The van der Waals surface area contributed by atoms with Crippen molar-refractivity contribution in [2.24, 2.45) is 13.0 Å². The summed E-state index contributed by atoms with van der Waals surface area (Å²) in [6.07, 6.45) is 0. The average molecular weight is 421 g/mol. The Morgan fingerprint density at radius 3 is 2.26 bits per heavy atom. The summed E-state index contributed by atoms with van der Waals surface area (Å²) in [4.78, 5) is 38.8. The summed E-state index contributed by atoms with van der Waals surface area (Å²) < 4.78 is 3.20. The summed E-state index contributed by atoms with van der Waals surface area (Å²) in [5.74, 6) is -0.930. The highest BCUT2D eigenvalue weighted by atomic mass is 16.2. The largest absolute Gasteiger partial charge is 0.340 e. The molecule has 1 heterocycles. The summed E-state index contributed by atoms with van der Waals surface area (Å²) in [7, 11) is 1.76. The molecule has 1 atom stereocenters. The molecule has 2 amide bonds. The highest BCUT2D eigenvalue weighted by Crippen LogP contribution is 2.15. The Bertz CT molecular complexity index is 1160. The van der Waals surface area contributed by atoms with Gasteiger partial charge >= 0.3 is 0 Å². The van der Waals surface area contributed by atoms with Crippen molar-refractivity contribution in [2.75, 3.05) is 5.32 Å². The van der Waals surface area contributed by atoms with E-state index in [0.29, 0.717) is 16.9 Å².